The van der Waals surface area contributed by atoms with E-state index < -0.39 is 0 Å². The van der Waals surface area contributed by atoms with Crippen LogP contribution in [-0.2, 0) is 0 Å². The molecule has 1 aromatic heterocycles. The summed E-state index contributed by atoms with van der Waals surface area (Å²) in [6.07, 6.45) is 7.52. The van der Waals surface area contributed by atoms with E-state index in [1.165, 1.54) is 25.7 Å². The second-order valence-electron chi connectivity index (χ2n) is 5.24. The van der Waals surface area contributed by atoms with Gasteiger partial charge in [-0.15, -0.1) is 0 Å². The first-order valence-corrected chi connectivity index (χ1v) is 6.70. The standard InChI is InChI=1S/C14H20N2O/c1-2-17-14-6-5-12(9-15-14)16-13-8-10-3-4-11(13)7-10/h5-6,9-11,13,16H,2-4,7-8H2,1H3. The van der Waals surface area contributed by atoms with Gasteiger partial charge < -0.3 is 10.1 Å². The third kappa shape index (κ3) is 2.24. The van der Waals surface area contributed by atoms with Crippen LogP contribution in [0, 0.1) is 11.8 Å². The fourth-order valence-electron chi connectivity index (χ4n) is 3.33. The van der Waals surface area contributed by atoms with E-state index in [9.17, 15) is 0 Å². The lowest BCUT2D eigenvalue weighted by Crippen LogP contribution is -2.25. The molecule has 0 saturated heterocycles. The fourth-order valence-corrected chi connectivity index (χ4v) is 3.33. The number of pyridine rings is 1. The van der Waals surface area contributed by atoms with E-state index in [0.29, 0.717) is 18.5 Å². The number of nitrogens with one attached hydrogen (secondary N) is 1. The minimum Gasteiger partial charge on any atom is -0.478 e. The van der Waals surface area contributed by atoms with Gasteiger partial charge in [-0.2, -0.15) is 0 Å². The lowest BCUT2D eigenvalue weighted by molar-refractivity contribution is 0.327. The Bertz CT molecular complexity index is 376. The normalized spacial score (nSPS) is 30.5. The zero-order valence-corrected chi connectivity index (χ0v) is 10.4. The van der Waals surface area contributed by atoms with E-state index >= 15 is 0 Å². The Hall–Kier alpha value is -1.25. The quantitative estimate of drug-likeness (QED) is 0.866. The Labute approximate surface area is 103 Å². The molecule has 0 amide bonds. The first-order chi connectivity index (χ1) is 8.35. The van der Waals surface area contributed by atoms with E-state index in [4.69, 9.17) is 4.74 Å². The summed E-state index contributed by atoms with van der Waals surface area (Å²) < 4.78 is 5.34. The maximum Gasteiger partial charge on any atom is 0.213 e. The molecule has 3 unspecified atom stereocenters. The third-order valence-electron chi connectivity index (χ3n) is 4.12. The first kappa shape index (κ1) is 10.9. The lowest BCUT2D eigenvalue weighted by Gasteiger charge is -2.23. The Morgan fingerprint density at radius 3 is 2.88 bits per heavy atom. The van der Waals surface area contributed by atoms with Gasteiger partial charge in [0.1, 0.15) is 0 Å². The van der Waals surface area contributed by atoms with Crippen molar-refractivity contribution in [2.45, 2.75) is 38.6 Å². The highest BCUT2D eigenvalue weighted by molar-refractivity contribution is 5.43. The van der Waals surface area contributed by atoms with Crippen LogP contribution in [0.3, 0.4) is 0 Å². The van der Waals surface area contributed by atoms with Crippen molar-refractivity contribution in [2.75, 3.05) is 11.9 Å². The van der Waals surface area contributed by atoms with Gasteiger partial charge in [0.05, 0.1) is 18.5 Å². The molecule has 3 nitrogen and oxygen atoms in total. The summed E-state index contributed by atoms with van der Waals surface area (Å²) in [7, 11) is 0. The van der Waals surface area contributed by atoms with E-state index in [2.05, 4.69) is 16.4 Å². The smallest absolute Gasteiger partial charge is 0.213 e. The maximum absolute atomic E-state index is 5.34. The van der Waals surface area contributed by atoms with Crippen molar-refractivity contribution in [3.05, 3.63) is 18.3 Å². The van der Waals surface area contributed by atoms with Crippen LogP contribution in [0.5, 0.6) is 5.88 Å². The second kappa shape index (κ2) is 4.55. The molecule has 1 N–H and O–H groups in total. The number of anilines is 1. The van der Waals surface area contributed by atoms with Crippen LogP contribution in [0.25, 0.3) is 0 Å². The number of aromatic nitrogens is 1. The molecule has 2 saturated carbocycles. The zero-order chi connectivity index (χ0) is 11.7. The lowest BCUT2D eigenvalue weighted by atomic mass is 9.95. The Morgan fingerprint density at radius 1 is 1.35 bits per heavy atom. The molecule has 0 radical (unpaired) electrons. The fraction of sp³-hybridized carbons (Fsp3) is 0.643. The zero-order valence-electron chi connectivity index (χ0n) is 10.4. The minimum absolute atomic E-state index is 0.673. The van der Waals surface area contributed by atoms with Gasteiger partial charge in [-0.25, -0.2) is 4.98 Å². The van der Waals surface area contributed by atoms with Crippen LogP contribution in [0.2, 0.25) is 0 Å². The number of ether oxygens (including phenoxy) is 1. The predicted octanol–water partition coefficient (Wildman–Crippen LogP) is 3.08. The van der Waals surface area contributed by atoms with Crippen molar-refractivity contribution in [1.29, 1.82) is 0 Å². The maximum atomic E-state index is 5.34. The van der Waals surface area contributed by atoms with Gasteiger partial charge in [0.15, 0.2) is 0 Å². The summed E-state index contributed by atoms with van der Waals surface area (Å²) in [5, 5.41) is 3.62. The molecule has 1 heterocycles. The van der Waals surface area contributed by atoms with Crippen LogP contribution in [0.4, 0.5) is 5.69 Å². The van der Waals surface area contributed by atoms with Crippen LogP contribution in [-0.4, -0.2) is 17.6 Å². The van der Waals surface area contributed by atoms with Gasteiger partial charge >= 0.3 is 0 Å². The summed E-state index contributed by atoms with van der Waals surface area (Å²) in [6.45, 7) is 2.65. The summed E-state index contributed by atoms with van der Waals surface area (Å²) in [5.41, 5.74) is 1.13. The highest BCUT2D eigenvalue weighted by Gasteiger charge is 2.39. The van der Waals surface area contributed by atoms with Gasteiger partial charge in [0.2, 0.25) is 5.88 Å². The molecule has 92 valence electrons. The third-order valence-corrected chi connectivity index (χ3v) is 4.12. The number of hydrogen-bond acceptors (Lipinski definition) is 3. The largest absolute Gasteiger partial charge is 0.478 e. The molecule has 2 aliphatic carbocycles. The van der Waals surface area contributed by atoms with Gasteiger partial charge in [-0.05, 0) is 44.1 Å². The molecule has 2 fully saturated rings. The molecule has 3 rings (SSSR count). The highest BCUT2D eigenvalue weighted by Crippen LogP contribution is 2.45. The first-order valence-electron chi connectivity index (χ1n) is 6.70. The number of rotatable bonds is 4. The Morgan fingerprint density at radius 2 is 2.29 bits per heavy atom. The summed E-state index contributed by atoms with van der Waals surface area (Å²) >= 11 is 0. The predicted molar refractivity (Wildman–Crippen MR) is 68.3 cm³/mol. The summed E-state index contributed by atoms with van der Waals surface area (Å²) in [4.78, 5) is 4.29. The summed E-state index contributed by atoms with van der Waals surface area (Å²) in [6, 6.07) is 4.69. The molecular weight excluding hydrogens is 212 g/mol. The van der Waals surface area contributed by atoms with Crippen LogP contribution >= 0.6 is 0 Å². The average Bonchev–Trinajstić information content (AvgIpc) is 2.94. The van der Waals surface area contributed by atoms with Gasteiger partial charge in [0, 0.05) is 12.1 Å². The van der Waals surface area contributed by atoms with Crippen molar-refractivity contribution >= 4 is 5.69 Å². The molecule has 1 aromatic rings. The van der Waals surface area contributed by atoms with Crippen LogP contribution < -0.4 is 10.1 Å². The molecule has 3 heteroatoms. The second-order valence-corrected chi connectivity index (χ2v) is 5.24. The van der Waals surface area contributed by atoms with E-state index in [0.717, 1.165) is 17.5 Å². The molecule has 0 aliphatic heterocycles. The number of fused-ring (bicyclic) bond motifs is 2. The Kier molecular flexibility index (Phi) is 2.91. The van der Waals surface area contributed by atoms with Crippen LogP contribution in [0.15, 0.2) is 18.3 Å². The van der Waals surface area contributed by atoms with E-state index in [-0.39, 0.29) is 0 Å². The van der Waals surface area contributed by atoms with Gasteiger partial charge in [0.25, 0.3) is 0 Å². The average molecular weight is 232 g/mol. The van der Waals surface area contributed by atoms with Gasteiger partial charge in [-0.3, -0.25) is 0 Å². The highest BCUT2D eigenvalue weighted by atomic mass is 16.5. The van der Waals surface area contributed by atoms with Crippen molar-refractivity contribution in [3.8, 4) is 5.88 Å². The van der Waals surface area contributed by atoms with E-state index in [1.54, 1.807) is 0 Å². The number of nitrogens with zero attached hydrogens (tertiary/aromatic N) is 1. The molecular formula is C14H20N2O. The van der Waals surface area contributed by atoms with E-state index in [1.807, 2.05) is 19.2 Å². The molecule has 0 spiro atoms. The van der Waals surface area contributed by atoms with Crippen molar-refractivity contribution < 1.29 is 4.74 Å². The summed E-state index contributed by atoms with van der Waals surface area (Å²) in [5.74, 6) is 2.59. The van der Waals surface area contributed by atoms with Gasteiger partial charge in [-0.1, -0.05) is 6.42 Å². The number of hydrogen-bond donors (Lipinski definition) is 1. The molecule has 2 bridgehead atoms. The molecule has 2 aliphatic rings. The Balaban J connectivity index is 1.61. The monoisotopic (exact) mass is 232 g/mol. The van der Waals surface area contributed by atoms with Crippen LogP contribution in [0.1, 0.15) is 32.6 Å². The van der Waals surface area contributed by atoms with Crippen molar-refractivity contribution in [3.63, 3.8) is 0 Å². The SMILES string of the molecule is CCOc1ccc(NC2CC3CCC2C3)cn1. The van der Waals surface area contributed by atoms with Crippen molar-refractivity contribution in [1.82, 2.24) is 4.98 Å². The molecule has 17 heavy (non-hydrogen) atoms. The molecule has 3 atom stereocenters. The van der Waals surface area contributed by atoms with Crippen molar-refractivity contribution in [2.24, 2.45) is 11.8 Å². The molecule has 0 aromatic carbocycles. The topological polar surface area (TPSA) is 34.1 Å². The minimum atomic E-state index is 0.673.